The van der Waals surface area contributed by atoms with Crippen molar-refractivity contribution in [3.05, 3.63) is 0 Å². The first kappa shape index (κ1) is 11.5. The van der Waals surface area contributed by atoms with Gasteiger partial charge in [0.05, 0.1) is 12.6 Å². The van der Waals surface area contributed by atoms with Crippen molar-refractivity contribution in [2.24, 2.45) is 0 Å². The molecule has 4 heteroatoms. The molecule has 0 aromatic rings. The Labute approximate surface area is 85.8 Å². The number of ether oxygens (including phenoxy) is 1. The van der Waals surface area contributed by atoms with Gasteiger partial charge in [0.2, 0.25) is 5.91 Å². The second kappa shape index (κ2) is 5.32. The Bertz CT molecular complexity index is 187. The molecule has 0 aromatic carbocycles. The molecule has 1 heterocycles. The van der Waals surface area contributed by atoms with E-state index < -0.39 is 0 Å². The van der Waals surface area contributed by atoms with Gasteiger partial charge in [-0.15, -0.1) is 0 Å². The monoisotopic (exact) mass is 200 g/mol. The Hall–Kier alpha value is -0.610. The summed E-state index contributed by atoms with van der Waals surface area (Å²) in [4.78, 5) is 15.2. The molecule has 0 saturated carbocycles. The molecule has 0 spiro atoms. The molecule has 0 aromatic heterocycles. The maximum absolute atomic E-state index is 11.4. The van der Waals surface area contributed by atoms with Crippen molar-refractivity contribution < 1.29 is 9.53 Å². The zero-order valence-electron chi connectivity index (χ0n) is 9.32. The third-order valence-corrected chi connectivity index (χ3v) is 2.73. The summed E-state index contributed by atoms with van der Waals surface area (Å²) in [5.74, 6) is 0.181. The Morgan fingerprint density at radius 1 is 1.43 bits per heavy atom. The Morgan fingerprint density at radius 3 is 2.43 bits per heavy atom. The van der Waals surface area contributed by atoms with Crippen LogP contribution in [0.4, 0.5) is 0 Å². The standard InChI is InChI=1S/C10H20N2O2/c1-11(2)10(13)8-12-6-4-9(14-3)5-7-12/h9H,4-8H2,1-3H3. The van der Waals surface area contributed by atoms with Crippen LogP contribution in [0.1, 0.15) is 12.8 Å². The van der Waals surface area contributed by atoms with Gasteiger partial charge in [0.1, 0.15) is 0 Å². The van der Waals surface area contributed by atoms with Crippen LogP contribution in [-0.2, 0) is 9.53 Å². The molecular formula is C10H20N2O2. The number of amides is 1. The fourth-order valence-corrected chi connectivity index (χ4v) is 1.64. The topological polar surface area (TPSA) is 32.8 Å². The van der Waals surface area contributed by atoms with Crippen molar-refractivity contribution in [2.75, 3.05) is 40.8 Å². The van der Waals surface area contributed by atoms with Crippen LogP contribution >= 0.6 is 0 Å². The molecular weight excluding hydrogens is 180 g/mol. The van der Waals surface area contributed by atoms with Crippen LogP contribution in [0.3, 0.4) is 0 Å². The van der Waals surface area contributed by atoms with Crippen LogP contribution in [-0.4, -0.2) is 62.7 Å². The fraction of sp³-hybridized carbons (Fsp3) is 0.900. The number of nitrogens with zero attached hydrogens (tertiary/aromatic N) is 2. The molecule has 82 valence electrons. The van der Waals surface area contributed by atoms with Gasteiger partial charge in [0.15, 0.2) is 0 Å². The number of carbonyl (C=O) groups excluding carboxylic acids is 1. The second-order valence-electron chi connectivity index (χ2n) is 4.00. The summed E-state index contributed by atoms with van der Waals surface area (Å²) in [6.07, 6.45) is 2.47. The fourth-order valence-electron chi connectivity index (χ4n) is 1.64. The van der Waals surface area contributed by atoms with Gasteiger partial charge in [-0.3, -0.25) is 9.69 Å². The highest BCUT2D eigenvalue weighted by atomic mass is 16.5. The smallest absolute Gasteiger partial charge is 0.236 e. The minimum atomic E-state index is 0.181. The van der Waals surface area contributed by atoms with Crippen molar-refractivity contribution >= 4 is 5.91 Å². The molecule has 1 aliphatic rings. The van der Waals surface area contributed by atoms with Gasteiger partial charge in [-0.25, -0.2) is 0 Å². The van der Waals surface area contributed by atoms with E-state index in [1.807, 2.05) is 0 Å². The highest BCUT2D eigenvalue weighted by molar-refractivity contribution is 5.77. The van der Waals surface area contributed by atoms with Crippen molar-refractivity contribution in [2.45, 2.75) is 18.9 Å². The highest BCUT2D eigenvalue weighted by Gasteiger charge is 2.20. The van der Waals surface area contributed by atoms with Crippen LogP contribution in [0.2, 0.25) is 0 Å². The van der Waals surface area contributed by atoms with Crippen LogP contribution in [0.25, 0.3) is 0 Å². The lowest BCUT2D eigenvalue weighted by Crippen LogP contribution is -2.42. The summed E-state index contributed by atoms with van der Waals surface area (Å²) in [6.45, 7) is 2.49. The Morgan fingerprint density at radius 2 is 2.00 bits per heavy atom. The van der Waals surface area contributed by atoms with E-state index in [2.05, 4.69) is 4.90 Å². The molecule has 1 saturated heterocycles. The normalized spacial score (nSPS) is 19.6. The Balaban J connectivity index is 2.25. The SMILES string of the molecule is COC1CCN(CC(=O)N(C)C)CC1. The van der Waals surface area contributed by atoms with E-state index in [0.717, 1.165) is 25.9 Å². The number of likely N-dealkylation sites (tertiary alicyclic amines) is 1. The number of rotatable bonds is 3. The van der Waals surface area contributed by atoms with E-state index in [-0.39, 0.29) is 5.91 Å². The van der Waals surface area contributed by atoms with Gasteiger partial charge in [-0.1, -0.05) is 0 Å². The molecule has 0 N–H and O–H groups in total. The molecule has 1 rings (SSSR count). The summed E-state index contributed by atoms with van der Waals surface area (Å²) >= 11 is 0. The summed E-state index contributed by atoms with van der Waals surface area (Å²) in [5.41, 5.74) is 0. The molecule has 14 heavy (non-hydrogen) atoms. The van der Waals surface area contributed by atoms with Crippen molar-refractivity contribution in [1.29, 1.82) is 0 Å². The molecule has 1 aliphatic heterocycles. The number of methoxy groups -OCH3 is 1. The minimum absolute atomic E-state index is 0.181. The van der Waals surface area contributed by atoms with Crippen LogP contribution in [0.5, 0.6) is 0 Å². The lowest BCUT2D eigenvalue weighted by molar-refractivity contribution is -0.130. The van der Waals surface area contributed by atoms with E-state index in [4.69, 9.17) is 4.74 Å². The molecule has 0 bridgehead atoms. The van der Waals surface area contributed by atoms with Gasteiger partial charge in [0.25, 0.3) is 0 Å². The van der Waals surface area contributed by atoms with E-state index in [0.29, 0.717) is 12.6 Å². The maximum Gasteiger partial charge on any atom is 0.236 e. The number of hydrogen-bond donors (Lipinski definition) is 0. The first-order valence-corrected chi connectivity index (χ1v) is 5.08. The summed E-state index contributed by atoms with van der Waals surface area (Å²) in [6, 6.07) is 0. The molecule has 1 fully saturated rings. The molecule has 0 radical (unpaired) electrons. The first-order valence-electron chi connectivity index (χ1n) is 5.08. The third-order valence-electron chi connectivity index (χ3n) is 2.73. The number of likely N-dealkylation sites (N-methyl/N-ethyl adjacent to an activating group) is 1. The minimum Gasteiger partial charge on any atom is -0.381 e. The van der Waals surface area contributed by atoms with Crippen molar-refractivity contribution in [1.82, 2.24) is 9.80 Å². The lowest BCUT2D eigenvalue weighted by atomic mass is 10.1. The van der Waals surface area contributed by atoms with Gasteiger partial charge in [-0.05, 0) is 12.8 Å². The second-order valence-corrected chi connectivity index (χ2v) is 4.00. The van der Waals surface area contributed by atoms with Gasteiger partial charge in [-0.2, -0.15) is 0 Å². The molecule has 0 unspecified atom stereocenters. The van der Waals surface area contributed by atoms with E-state index >= 15 is 0 Å². The summed E-state index contributed by atoms with van der Waals surface area (Å²) < 4.78 is 5.27. The van der Waals surface area contributed by atoms with Crippen LogP contribution in [0.15, 0.2) is 0 Å². The van der Waals surface area contributed by atoms with Crippen molar-refractivity contribution in [3.63, 3.8) is 0 Å². The van der Waals surface area contributed by atoms with Crippen molar-refractivity contribution in [3.8, 4) is 0 Å². The van der Waals surface area contributed by atoms with Gasteiger partial charge >= 0.3 is 0 Å². The molecule has 4 nitrogen and oxygen atoms in total. The van der Waals surface area contributed by atoms with Gasteiger partial charge < -0.3 is 9.64 Å². The number of piperidine rings is 1. The highest BCUT2D eigenvalue weighted by Crippen LogP contribution is 2.12. The number of hydrogen-bond acceptors (Lipinski definition) is 3. The molecule has 0 atom stereocenters. The zero-order valence-corrected chi connectivity index (χ0v) is 9.32. The van der Waals surface area contributed by atoms with E-state index in [1.54, 1.807) is 26.1 Å². The average Bonchev–Trinajstić information content (AvgIpc) is 2.19. The van der Waals surface area contributed by atoms with E-state index in [9.17, 15) is 4.79 Å². The van der Waals surface area contributed by atoms with Gasteiger partial charge in [0, 0.05) is 34.3 Å². The molecule has 0 aliphatic carbocycles. The van der Waals surface area contributed by atoms with E-state index in [1.165, 1.54) is 0 Å². The predicted octanol–water partition coefficient (Wildman–Crippen LogP) is 0.185. The summed E-state index contributed by atoms with van der Waals surface area (Å²) in [5, 5.41) is 0. The third kappa shape index (κ3) is 3.27. The lowest BCUT2D eigenvalue weighted by Gasteiger charge is -2.31. The molecule has 1 amide bonds. The average molecular weight is 200 g/mol. The largest absolute Gasteiger partial charge is 0.381 e. The predicted molar refractivity (Wildman–Crippen MR) is 55.2 cm³/mol. The maximum atomic E-state index is 11.4. The van der Waals surface area contributed by atoms with Crippen LogP contribution < -0.4 is 0 Å². The zero-order chi connectivity index (χ0) is 10.6. The quantitative estimate of drug-likeness (QED) is 0.652. The van der Waals surface area contributed by atoms with Crippen LogP contribution in [0, 0.1) is 0 Å². The number of carbonyl (C=O) groups is 1. The summed E-state index contributed by atoms with van der Waals surface area (Å²) in [7, 11) is 5.35. The first-order chi connectivity index (χ1) is 6.63. The Kier molecular flexibility index (Phi) is 4.35.